The summed E-state index contributed by atoms with van der Waals surface area (Å²) in [6.45, 7) is 13.2. The quantitative estimate of drug-likeness (QED) is 0.0833. The third kappa shape index (κ3) is 7.37. The highest BCUT2D eigenvalue weighted by atomic mass is 32.1. The molecule has 4 aromatic rings. The lowest BCUT2D eigenvalue weighted by molar-refractivity contribution is -0.143. The summed E-state index contributed by atoms with van der Waals surface area (Å²) in [5.74, 6) is -0.226. The fraction of sp³-hybridized carbons (Fsp3) is 0.351. The van der Waals surface area contributed by atoms with Gasteiger partial charge in [0.2, 0.25) is 0 Å². The third-order valence-corrected chi connectivity index (χ3v) is 9.43. The van der Waals surface area contributed by atoms with Crippen LogP contribution in [0, 0.1) is 13.8 Å². The van der Waals surface area contributed by atoms with Gasteiger partial charge in [-0.3, -0.25) is 14.4 Å². The lowest BCUT2D eigenvalue weighted by Crippen LogP contribution is -2.24. The zero-order chi connectivity index (χ0) is 32.8. The first-order valence-electron chi connectivity index (χ1n) is 16.0. The summed E-state index contributed by atoms with van der Waals surface area (Å²) in [6.07, 6.45) is 4.17. The number of carbonyl (C=O) groups excluding carboxylic acids is 3. The summed E-state index contributed by atoms with van der Waals surface area (Å²) in [4.78, 5) is 48.6. The van der Waals surface area contributed by atoms with Crippen LogP contribution in [0.5, 0.6) is 0 Å². The molecule has 46 heavy (non-hydrogen) atoms. The maximum Gasteiger partial charge on any atom is 0.306 e. The fourth-order valence-corrected chi connectivity index (χ4v) is 6.77. The highest BCUT2D eigenvalue weighted by Gasteiger charge is 2.26. The number of aryl methyl sites for hydroxylation is 2. The SMILES string of the molecule is CCOC(=O)CCc1ccc(-c2nc(-c3ccc4c(c3)/C(=C/c3[nH]c(C)c(C(=O)CCCN(CC)CC)c3C)C(=O)N4)cs2)cc1. The molecular weight excluding hydrogens is 596 g/mol. The van der Waals surface area contributed by atoms with Crippen LogP contribution in [-0.4, -0.2) is 58.8 Å². The number of carbonyl (C=O) groups is 3. The number of aromatic amines is 1. The van der Waals surface area contributed by atoms with Crippen LogP contribution in [0.2, 0.25) is 0 Å². The molecule has 0 aliphatic carbocycles. The minimum atomic E-state index is -0.185. The monoisotopic (exact) mass is 638 g/mol. The van der Waals surface area contributed by atoms with E-state index < -0.39 is 0 Å². The molecule has 0 atom stereocenters. The molecule has 9 heteroatoms. The van der Waals surface area contributed by atoms with Crippen LogP contribution >= 0.6 is 11.3 Å². The minimum Gasteiger partial charge on any atom is -0.466 e. The van der Waals surface area contributed by atoms with Gasteiger partial charge in [0.05, 0.1) is 17.9 Å². The van der Waals surface area contributed by atoms with E-state index in [4.69, 9.17) is 9.72 Å². The predicted octanol–water partition coefficient (Wildman–Crippen LogP) is 7.72. The first kappa shape index (κ1) is 33.0. The Morgan fingerprint density at radius 1 is 1.00 bits per heavy atom. The minimum absolute atomic E-state index is 0.132. The number of rotatable bonds is 14. The summed E-state index contributed by atoms with van der Waals surface area (Å²) in [6, 6.07) is 14.0. The van der Waals surface area contributed by atoms with Crippen molar-refractivity contribution < 1.29 is 19.1 Å². The summed E-state index contributed by atoms with van der Waals surface area (Å²) < 4.78 is 5.03. The highest BCUT2D eigenvalue weighted by Crippen LogP contribution is 2.38. The predicted molar refractivity (Wildman–Crippen MR) is 186 cm³/mol. The Balaban J connectivity index is 1.33. The summed E-state index contributed by atoms with van der Waals surface area (Å²) in [7, 11) is 0. The van der Waals surface area contributed by atoms with Gasteiger partial charge in [0, 0.05) is 57.6 Å². The molecule has 0 bridgehead atoms. The lowest BCUT2D eigenvalue weighted by atomic mass is 9.99. The number of hydrogen-bond donors (Lipinski definition) is 2. The van der Waals surface area contributed by atoms with E-state index in [0.717, 1.165) is 87.2 Å². The number of nitrogens with zero attached hydrogens (tertiary/aromatic N) is 2. The molecule has 5 rings (SSSR count). The number of fused-ring (bicyclic) bond motifs is 1. The maximum absolute atomic E-state index is 13.2. The van der Waals surface area contributed by atoms with Crippen molar-refractivity contribution in [1.82, 2.24) is 14.9 Å². The average Bonchev–Trinajstić information content (AvgIpc) is 3.74. The zero-order valence-corrected chi connectivity index (χ0v) is 28.1. The number of thiazole rings is 1. The number of Topliss-reactive ketones (excluding diaryl/α,β-unsaturated/α-hetero) is 1. The summed E-state index contributed by atoms with van der Waals surface area (Å²) in [5.41, 5.74) is 9.12. The molecular formula is C37H42N4O4S. The Labute approximate surface area is 274 Å². The topological polar surface area (TPSA) is 104 Å². The molecule has 2 aromatic carbocycles. The molecule has 0 radical (unpaired) electrons. The smallest absolute Gasteiger partial charge is 0.306 e. The van der Waals surface area contributed by atoms with Gasteiger partial charge in [-0.1, -0.05) is 44.2 Å². The molecule has 0 saturated carbocycles. The molecule has 0 unspecified atom stereocenters. The molecule has 1 aliphatic rings. The zero-order valence-electron chi connectivity index (χ0n) is 27.3. The van der Waals surface area contributed by atoms with Gasteiger partial charge in [0.1, 0.15) is 5.01 Å². The average molecular weight is 639 g/mol. The number of aromatic nitrogens is 2. The molecule has 0 saturated heterocycles. The second-order valence-corrected chi connectivity index (χ2v) is 12.4. The van der Waals surface area contributed by atoms with Gasteiger partial charge in [-0.15, -0.1) is 11.3 Å². The number of amides is 1. The molecule has 0 fully saturated rings. The van der Waals surface area contributed by atoms with Crippen LogP contribution in [0.25, 0.3) is 33.5 Å². The number of H-pyrrole nitrogens is 1. The van der Waals surface area contributed by atoms with Gasteiger partial charge in [0.15, 0.2) is 5.78 Å². The Bertz CT molecular complexity index is 1760. The number of esters is 1. The summed E-state index contributed by atoms with van der Waals surface area (Å²) >= 11 is 1.56. The lowest BCUT2D eigenvalue weighted by Gasteiger charge is -2.17. The van der Waals surface area contributed by atoms with Gasteiger partial charge < -0.3 is 19.9 Å². The van der Waals surface area contributed by atoms with Crippen molar-refractivity contribution in [2.24, 2.45) is 0 Å². The Kier molecular flexibility index (Phi) is 10.7. The van der Waals surface area contributed by atoms with E-state index in [1.54, 1.807) is 11.3 Å². The number of ketones is 1. The van der Waals surface area contributed by atoms with E-state index in [0.29, 0.717) is 31.4 Å². The number of hydrogen-bond acceptors (Lipinski definition) is 7. The standard InChI is InChI=1S/C37H42N4O4S/c1-6-41(7-2)19-9-10-33(42)35-23(4)31(38-24(35)5)21-29-28-20-27(16-17-30(28)39-36(29)44)32-22-46-37(40-32)26-14-11-25(12-15-26)13-18-34(43)45-8-3/h11-12,14-17,20-22,38H,6-10,13,18-19H2,1-5H3,(H,39,44)/b29-21-. The van der Waals surface area contributed by atoms with Gasteiger partial charge in [-0.05, 0) is 82.6 Å². The Morgan fingerprint density at radius 3 is 2.46 bits per heavy atom. The van der Waals surface area contributed by atoms with E-state index in [-0.39, 0.29) is 17.7 Å². The first-order chi connectivity index (χ1) is 22.2. The van der Waals surface area contributed by atoms with E-state index in [1.165, 1.54) is 0 Å². The van der Waals surface area contributed by atoms with E-state index in [1.807, 2.05) is 74.7 Å². The van der Waals surface area contributed by atoms with Gasteiger partial charge in [-0.25, -0.2) is 4.98 Å². The second kappa shape index (κ2) is 14.8. The van der Waals surface area contributed by atoms with Crippen molar-refractivity contribution in [3.63, 3.8) is 0 Å². The molecule has 1 amide bonds. The largest absolute Gasteiger partial charge is 0.466 e. The third-order valence-electron chi connectivity index (χ3n) is 8.54. The van der Waals surface area contributed by atoms with E-state index >= 15 is 0 Å². The normalized spacial score (nSPS) is 13.3. The number of ether oxygens (including phenoxy) is 1. The van der Waals surface area contributed by atoms with Crippen LogP contribution in [0.3, 0.4) is 0 Å². The van der Waals surface area contributed by atoms with Crippen LogP contribution in [-0.2, 0) is 20.7 Å². The van der Waals surface area contributed by atoms with Crippen molar-refractivity contribution in [1.29, 1.82) is 0 Å². The Morgan fingerprint density at radius 2 is 1.74 bits per heavy atom. The van der Waals surface area contributed by atoms with Crippen molar-refractivity contribution in [2.45, 2.75) is 60.3 Å². The molecule has 8 nitrogen and oxygen atoms in total. The van der Waals surface area contributed by atoms with Crippen molar-refractivity contribution in [3.05, 3.63) is 81.5 Å². The van der Waals surface area contributed by atoms with Gasteiger partial charge >= 0.3 is 5.97 Å². The molecule has 2 aromatic heterocycles. The summed E-state index contributed by atoms with van der Waals surface area (Å²) in [5, 5.41) is 5.90. The van der Waals surface area contributed by atoms with Crippen LogP contribution in [0.4, 0.5) is 5.69 Å². The number of benzene rings is 2. The molecule has 1 aliphatic heterocycles. The highest BCUT2D eigenvalue weighted by molar-refractivity contribution is 7.13. The van der Waals surface area contributed by atoms with E-state index in [2.05, 4.69) is 29.0 Å². The molecule has 0 spiro atoms. The second-order valence-electron chi connectivity index (χ2n) is 11.5. The first-order valence-corrected chi connectivity index (χ1v) is 16.9. The fourth-order valence-electron chi connectivity index (χ4n) is 5.93. The number of nitrogens with one attached hydrogen (secondary N) is 2. The maximum atomic E-state index is 13.2. The van der Waals surface area contributed by atoms with Crippen molar-refractivity contribution in [3.8, 4) is 21.8 Å². The Hall–Kier alpha value is -4.34. The van der Waals surface area contributed by atoms with Crippen molar-refractivity contribution >= 4 is 46.3 Å². The van der Waals surface area contributed by atoms with Crippen LogP contribution in [0.1, 0.15) is 78.5 Å². The van der Waals surface area contributed by atoms with Gasteiger partial charge in [-0.2, -0.15) is 0 Å². The molecule has 240 valence electrons. The van der Waals surface area contributed by atoms with Crippen LogP contribution in [0.15, 0.2) is 47.8 Å². The number of anilines is 1. The van der Waals surface area contributed by atoms with Crippen molar-refractivity contribution in [2.75, 3.05) is 31.6 Å². The molecule has 2 N–H and O–H groups in total. The van der Waals surface area contributed by atoms with E-state index in [9.17, 15) is 14.4 Å². The van der Waals surface area contributed by atoms with Gasteiger partial charge in [0.25, 0.3) is 5.91 Å². The molecule has 3 heterocycles. The van der Waals surface area contributed by atoms with Crippen LogP contribution < -0.4 is 5.32 Å².